The fourth-order valence-electron chi connectivity index (χ4n) is 5.03. The van der Waals surface area contributed by atoms with Crippen LogP contribution in [0.3, 0.4) is 0 Å². The highest BCUT2D eigenvalue weighted by molar-refractivity contribution is 5.92. The van der Waals surface area contributed by atoms with Gasteiger partial charge >= 0.3 is 5.97 Å². The molecule has 0 bridgehead atoms. The Morgan fingerprint density at radius 3 is 2.54 bits per heavy atom. The number of hydrogen-bond acceptors (Lipinski definition) is 6. The summed E-state index contributed by atoms with van der Waals surface area (Å²) in [6, 6.07) is 12.9. The first-order valence-corrected chi connectivity index (χ1v) is 12.5. The van der Waals surface area contributed by atoms with E-state index in [9.17, 15) is 14.7 Å². The first-order valence-electron chi connectivity index (χ1n) is 12.5. The first-order chi connectivity index (χ1) is 17.0. The molecule has 0 atom stereocenters. The second kappa shape index (κ2) is 12.1. The molecule has 1 heterocycles. The largest absolute Gasteiger partial charge is 0.504 e. The molecule has 0 radical (unpaired) electrons. The van der Waals surface area contributed by atoms with Crippen molar-refractivity contribution in [1.82, 2.24) is 0 Å². The number of esters is 1. The van der Waals surface area contributed by atoms with E-state index in [4.69, 9.17) is 14.2 Å². The van der Waals surface area contributed by atoms with Crippen LogP contribution in [-0.4, -0.2) is 43.4 Å². The molecule has 2 N–H and O–H groups in total. The Kier molecular flexibility index (Phi) is 8.64. The Labute approximate surface area is 206 Å². The maximum absolute atomic E-state index is 12.6. The number of carbonyl (C=O) groups is 2. The van der Waals surface area contributed by atoms with Crippen LogP contribution in [0.15, 0.2) is 42.5 Å². The van der Waals surface area contributed by atoms with Gasteiger partial charge in [0.15, 0.2) is 11.5 Å². The van der Waals surface area contributed by atoms with Crippen LogP contribution in [0.1, 0.15) is 62.0 Å². The molecule has 7 nitrogen and oxygen atoms in total. The average molecular weight is 482 g/mol. The summed E-state index contributed by atoms with van der Waals surface area (Å²) in [4.78, 5) is 24.9. The van der Waals surface area contributed by atoms with Crippen molar-refractivity contribution in [2.45, 2.75) is 63.4 Å². The second-order valence-corrected chi connectivity index (χ2v) is 9.58. The average Bonchev–Trinajstić information content (AvgIpc) is 2.86. The van der Waals surface area contributed by atoms with Crippen molar-refractivity contribution in [1.29, 1.82) is 0 Å². The molecule has 2 aliphatic rings. The second-order valence-electron chi connectivity index (χ2n) is 9.58. The molecule has 1 saturated carbocycles. The highest BCUT2D eigenvalue weighted by Crippen LogP contribution is 2.35. The minimum atomic E-state index is -0.130. The Morgan fingerprint density at radius 1 is 1.03 bits per heavy atom. The number of phenols is 1. The summed E-state index contributed by atoms with van der Waals surface area (Å²) in [6.07, 6.45) is 6.22. The number of nitrogens with one attached hydrogen (secondary N) is 1. The molecule has 2 fully saturated rings. The number of carbonyl (C=O) groups excluding carboxylic acids is 2. The van der Waals surface area contributed by atoms with Gasteiger partial charge in [0.05, 0.1) is 13.5 Å². The maximum atomic E-state index is 12.6. The zero-order valence-corrected chi connectivity index (χ0v) is 20.3. The number of amides is 1. The number of rotatable bonds is 8. The van der Waals surface area contributed by atoms with Gasteiger partial charge in [0, 0.05) is 25.3 Å². The SMILES string of the molecule is COc1cc(CC(=O)Nc2cccc([C@H]3CC[C@@H](OC(=O)CC4CCOCC4)CC3)c2)ccc1O. The molecule has 0 aromatic heterocycles. The lowest BCUT2D eigenvalue weighted by molar-refractivity contribution is -0.152. The highest BCUT2D eigenvalue weighted by Gasteiger charge is 2.26. The van der Waals surface area contributed by atoms with Gasteiger partial charge < -0.3 is 24.6 Å². The molecule has 1 aliphatic heterocycles. The van der Waals surface area contributed by atoms with Gasteiger partial charge in [-0.1, -0.05) is 18.2 Å². The van der Waals surface area contributed by atoms with Crippen molar-refractivity contribution in [3.63, 3.8) is 0 Å². The van der Waals surface area contributed by atoms with Gasteiger partial charge in [0.1, 0.15) is 6.10 Å². The van der Waals surface area contributed by atoms with E-state index in [-0.39, 0.29) is 30.2 Å². The summed E-state index contributed by atoms with van der Waals surface area (Å²) in [5, 5.41) is 12.7. The third kappa shape index (κ3) is 7.21. The molecule has 2 aromatic carbocycles. The van der Waals surface area contributed by atoms with E-state index in [0.29, 0.717) is 24.0 Å². The minimum absolute atomic E-state index is 0.00350. The normalized spacial score (nSPS) is 20.7. The van der Waals surface area contributed by atoms with Gasteiger partial charge in [-0.3, -0.25) is 9.59 Å². The molecule has 1 amide bonds. The number of ether oxygens (including phenoxy) is 3. The number of aromatic hydroxyl groups is 1. The number of anilines is 1. The van der Waals surface area contributed by atoms with Crippen LogP contribution in [-0.2, 0) is 25.5 Å². The van der Waals surface area contributed by atoms with E-state index >= 15 is 0 Å². The lowest BCUT2D eigenvalue weighted by Gasteiger charge is -2.29. The Bertz CT molecular complexity index is 1010. The van der Waals surface area contributed by atoms with Crippen molar-refractivity contribution in [2.75, 3.05) is 25.6 Å². The molecule has 2 aromatic rings. The van der Waals surface area contributed by atoms with Crippen LogP contribution < -0.4 is 10.1 Å². The number of benzene rings is 2. The monoisotopic (exact) mass is 481 g/mol. The summed E-state index contributed by atoms with van der Waals surface area (Å²) in [7, 11) is 1.48. The van der Waals surface area contributed by atoms with E-state index in [1.165, 1.54) is 18.7 Å². The lowest BCUT2D eigenvalue weighted by Crippen LogP contribution is -2.26. The van der Waals surface area contributed by atoms with Crippen molar-refractivity contribution >= 4 is 17.6 Å². The summed E-state index contributed by atoms with van der Waals surface area (Å²) in [5.74, 6) is 0.974. The van der Waals surface area contributed by atoms with Crippen LogP contribution in [0, 0.1) is 5.92 Å². The number of hydrogen-bond donors (Lipinski definition) is 2. The van der Waals surface area contributed by atoms with Crippen molar-refractivity contribution in [3.05, 3.63) is 53.6 Å². The zero-order chi connectivity index (χ0) is 24.6. The van der Waals surface area contributed by atoms with Crippen LogP contribution in [0.4, 0.5) is 5.69 Å². The first kappa shape index (κ1) is 25.0. The zero-order valence-electron chi connectivity index (χ0n) is 20.3. The molecular weight excluding hydrogens is 446 g/mol. The summed E-state index contributed by atoms with van der Waals surface area (Å²) < 4.78 is 16.3. The molecule has 4 rings (SSSR count). The predicted molar refractivity (Wildman–Crippen MR) is 133 cm³/mol. The van der Waals surface area contributed by atoms with E-state index in [0.717, 1.165) is 63.0 Å². The van der Waals surface area contributed by atoms with E-state index in [1.807, 2.05) is 18.2 Å². The smallest absolute Gasteiger partial charge is 0.306 e. The Hall–Kier alpha value is -3.06. The molecule has 35 heavy (non-hydrogen) atoms. The van der Waals surface area contributed by atoms with Crippen LogP contribution in [0.5, 0.6) is 11.5 Å². The molecule has 1 aliphatic carbocycles. The van der Waals surface area contributed by atoms with Crippen molar-refractivity contribution in [3.8, 4) is 11.5 Å². The fourth-order valence-corrected chi connectivity index (χ4v) is 5.03. The van der Waals surface area contributed by atoms with Crippen molar-refractivity contribution < 1.29 is 28.9 Å². The molecule has 0 unspecified atom stereocenters. The summed E-state index contributed by atoms with van der Waals surface area (Å²) in [5.41, 5.74) is 2.72. The standard InChI is InChI=1S/C28H35NO6/c1-33-26-15-20(5-10-25(26)30)16-27(31)29-23-4-2-3-22(18-23)21-6-8-24(9-7-21)35-28(32)17-19-11-13-34-14-12-19/h2-5,10,15,18-19,21,24,30H,6-9,11-14,16-17H2,1H3,(H,29,31)/t21-,24+. The topological polar surface area (TPSA) is 94.1 Å². The number of phenolic OH excluding ortho intramolecular Hbond substituents is 1. The number of methoxy groups -OCH3 is 1. The third-order valence-electron chi connectivity index (χ3n) is 7.02. The fraction of sp³-hybridized carbons (Fsp3) is 0.500. The molecule has 1 saturated heterocycles. The van der Waals surface area contributed by atoms with E-state index < -0.39 is 0 Å². The minimum Gasteiger partial charge on any atom is -0.504 e. The Balaban J connectivity index is 1.25. The van der Waals surface area contributed by atoms with Crippen LogP contribution >= 0.6 is 0 Å². The Morgan fingerprint density at radius 2 is 1.80 bits per heavy atom. The molecular formula is C28H35NO6. The van der Waals surface area contributed by atoms with E-state index in [2.05, 4.69) is 11.4 Å². The lowest BCUT2D eigenvalue weighted by atomic mass is 9.82. The summed E-state index contributed by atoms with van der Waals surface area (Å²) in [6.45, 7) is 1.49. The van der Waals surface area contributed by atoms with Gasteiger partial charge in [-0.25, -0.2) is 0 Å². The summed E-state index contributed by atoms with van der Waals surface area (Å²) >= 11 is 0. The maximum Gasteiger partial charge on any atom is 0.306 e. The van der Waals surface area contributed by atoms with E-state index in [1.54, 1.807) is 12.1 Å². The third-order valence-corrected chi connectivity index (χ3v) is 7.02. The van der Waals surface area contributed by atoms with Crippen LogP contribution in [0.2, 0.25) is 0 Å². The van der Waals surface area contributed by atoms with Gasteiger partial charge in [-0.15, -0.1) is 0 Å². The molecule has 0 spiro atoms. The van der Waals surface area contributed by atoms with Gasteiger partial charge in [-0.2, -0.15) is 0 Å². The van der Waals surface area contributed by atoms with Crippen LogP contribution in [0.25, 0.3) is 0 Å². The van der Waals surface area contributed by atoms with Gasteiger partial charge in [0.25, 0.3) is 0 Å². The highest BCUT2D eigenvalue weighted by atomic mass is 16.5. The van der Waals surface area contributed by atoms with Gasteiger partial charge in [-0.05, 0) is 85.8 Å². The molecule has 7 heteroatoms. The molecule has 188 valence electrons. The quantitative estimate of drug-likeness (QED) is 0.517. The predicted octanol–water partition coefficient (Wildman–Crippen LogP) is 4.97. The van der Waals surface area contributed by atoms with Crippen molar-refractivity contribution in [2.24, 2.45) is 5.92 Å². The van der Waals surface area contributed by atoms with Gasteiger partial charge in [0.2, 0.25) is 5.91 Å².